The highest BCUT2D eigenvalue weighted by Gasteiger charge is 2.60. The minimum absolute atomic E-state index is 0.0502. The van der Waals surface area contributed by atoms with E-state index >= 15 is 0 Å². The van der Waals surface area contributed by atoms with Gasteiger partial charge in [-0.3, -0.25) is 9.48 Å². The van der Waals surface area contributed by atoms with E-state index in [4.69, 9.17) is 0 Å². The Balaban J connectivity index is 1.35. The van der Waals surface area contributed by atoms with Crippen LogP contribution in [0.2, 0.25) is 0 Å². The number of amides is 1. The molecule has 31 heavy (non-hydrogen) atoms. The number of hydrogen-bond acceptors (Lipinski definition) is 5. The molecule has 1 amide bonds. The van der Waals surface area contributed by atoms with Gasteiger partial charge < -0.3 is 15.4 Å². The smallest absolute Gasteiger partial charge is 0.358 e. The van der Waals surface area contributed by atoms with Crippen LogP contribution in [0.25, 0.3) is 0 Å². The molecule has 4 aliphatic rings. The Kier molecular flexibility index (Phi) is 4.76. The van der Waals surface area contributed by atoms with Crippen molar-refractivity contribution < 1.29 is 9.72 Å². The van der Waals surface area contributed by atoms with Gasteiger partial charge in [0.05, 0.1) is 22.5 Å². The predicted molar refractivity (Wildman–Crippen MR) is 116 cm³/mol. The van der Waals surface area contributed by atoms with Crippen LogP contribution in [0.3, 0.4) is 0 Å². The molecule has 0 saturated heterocycles. The fourth-order valence-corrected chi connectivity index (χ4v) is 7.42. The molecule has 166 valence electrons. The second-order valence-electron chi connectivity index (χ2n) is 10.1. The topological polar surface area (TPSA) is 108 Å². The van der Waals surface area contributed by atoms with Gasteiger partial charge in [-0.05, 0) is 83.6 Å². The molecule has 4 fully saturated rings. The van der Waals surface area contributed by atoms with E-state index < -0.39 is 4.92 Å². The van der Waals surface area contributed by atoms with Crippen molar-refractivity contribution in [3.8, 4) is 0 Å². The van der Waals surface area contributed by atoms with Gasteiger partial charge in [0.15, 0.2) is 0 Å². The molecular formula is C21H27BrN6O3. The molecule has 2 unspecified atom stereocenters. The summed E-state index contributed by atoms with van der Waals surface area (Å²) in [6.07, 6.45) is 10.4. The first kappa shape index (κ1) is 20.7. The van der Waals surface area contributed by atoms with Crippen LogP contribution in [0.1, 0.15) is 56.2 Å². The summed E-state index contributed by atoms with van der Waals surface area (Å²) in [7, 11) is 1.88. The maximum Gasteiger partial charge on any atom is 0.404 e. The van der Waals surface area contributed by atoms with E-state index in [0.29, 0.717) is 29.3 Å². The zero-order valence-corrected chi connectivity index (χ0v) is 19.4. The summed E-state index contributed by atoms with van der Waals surface area (Å²) < 4.78 is 4.03. The number of hydrogen-bond donors (Lipinski definition) is 1. The molecule has 10 heteroatoms. The minimum Gasteiger partial charge on any atom is -0.358 e. The summed E-state index contributed by atoms with van der Waals surface area (Å²) in [5, 5.41) is 23.1. The number of nitro groups is 1. The van der Waals surface area contributed by atoms with E-state index in [0.717, 1.165) is 43.4 Å². The number of carbonyl (C=O) groups excluding carboxylic acids is 1. The molecule has 4 saturated carbocycles. The van der Waals surface area contributed by atoms with Gasteiger partial charge >= 0.3 is 5.82 Å². The third-order valence-corrected chi connectivity index (χ3v) is 8.15. The second kappa shape index (κ2) is 7.15. The molecule has 0 aromatic carbocycles. The molecule has 9 nitrogen and oxygen atoms in total. The summed E-state index contributed by atoms with van der Waals surface area (Å²) in [6, 6.07) is 0. The van der Waals surface area contributed by atoms with Gasteiger partial charge in [-0.2, -0.15) is 9.78 Å². The van der Waals surface area contributed by atoms with Crippen molar-refractivity contribution in [2.75, 3.05) is 0 Å². The number of aryl methyl sites for hydroxylation is 2. The van der Waals surface area contributed by atoms with Crippen molar-refractivity contribution in [2.45, 2.75) is 64.0 Å². The zero-order valence-electron chi connectivity index (χ0n) is 17.8. The molecular weight excluding hydrogens is 464 g/mol. The van der Waals surface area contributed by atoms with E-state index in [2.05, 4.69) is 31.4 Å². The van der Waals surface area contributed by atoms with Crippen molar-refractivity contribution in [1.29, 1.82) is 0 Å². The molecule has 6 rings (SSSR count). The van der Waals surface area contributed by atoms with E-state index in [1.807, 2.05) is 24.9 Å². The highest BCUT2D eigenvalue weighted by molar-refractivity contribution is 9.10. The Morgan fingerprint density at radius 2 is 2.00 bits per heavy atom. The standard InChI is InChI=1S/C21H27BrN6O3/c1-13-16(10-26(2)24-13)9-23-18(29)8-20-4-14-3-15(5-20)7-21(6-14,12-20)27-11-17(22)19(25-27)28(30)31/h10-11,14-15H,3-9,12H2,1-2H3,(H,23,29). The van der Waals surface area contributed by atoms with Crippen molar-refractivity contribution in [1.82, 2.24) is 24.9 Å². The van der Waals surface area contributed by atoms with Crippen LogP contribution in [-0.4, -0.2) is 30.4 Å². The van der Waals surface area contributed by atoms with Crippen LogP contribution in [-0.2, 0) is 23.9 Å². The molecule has 2 aromatic rings. The Bertz CT molecular complexity index is 1050. The van der Waals surface area contributed by atoms with E-state index in [1.54, 1.807) is 10.9 Å². The third kappa shape index (κ3) is 3.58. The molecule has 2 aromatic heterocycles. The number of aromatic nitrogens is 4. The number of nitrogens with one attached hydrogen (secondary N) is 1. The normalized spacial score (nSPS) is 31.2. The maximum atomic E-state index is 12.9. The lowest BCUT2D eigenvalue weighted by atomic mass is 9.46. The van der Waals surface area contributed by atoms with Crippen LogP contribution >= 0.6 is 15.9 Å². The molecule has 0 aliphatic heterocycles. The molecule has 2 heterocycles. The quantitative estimate of drug-likeness (QED) is 0.491. The van der Waals surface area contributed by atoms with Crippen LogP contribution in [0.5, 0.6) is 0 Å². The average Bonchev–Trinajstić information content (AvgIpc) is 3.20. The third-order valence-electron chi connectivity index (χ3n) is 7.59. The van der Waals surface area contributed by atoms with Crippen LogP contribution < -0.4 is 5.32 Å². The number of nitrogens with zero attached hydrogens (tertiary/aromatic N) is 5. The minimum atomic E-state index is -0.440. The van der Waals surface area contributed by atoms with Crippen LogP contribution in [0, 0.1) is 34.3 Å². The van der Waals surface area contributed by atoms with Crippen LogP contribution in [0.4, 0.5) is 5.82 Å². The van der Waals surface area contributed by atoms with E-state index in [1.165, 1.54) is 6.42 Å². The fraction of sp³-hybridized carbons (Fsp3) is 0.667. The van der Waals surface area contributed by atoms with E-state index in [-0.39, 0.29) is 22.7 Å². The van der Waals surface area contributed by atoms with Gasteiger partial charge in [-0.1, -0.05) is 0 Å². The summed E-state index contributed by atoms with van der Waals surface area (Å²) >= 11 is 3.31. The van der Waals surface area contributed by atoms with E-state index in [9.17, 15) is 14.9 Å². The molecule has 4 bridgehead atoms. The number of rotatable bonds is 6. The molecule has 0 radical (unpaired) electrons. The van der Waals surface area contributed by atoms with Crippen molar-refractivity contribution >= 4 is 27.7 Å². The maximum absolute atomic E-state index is 12.9. The highest BCUT2D eigenvalue weighted by Crippen LogP contribution is 2.65. The summed E-state index contributed by atoms with van der Waals surface area (Å²) in [4.78, 5) is 23.8. The van der Waals surface area contributed by atoms with Gasteiger partial charge in [0.2, 0.25) is 5.91 Å². The number of halogens is 1. The largest absolute Gasteiger partial charge is 0.404 e. The Morgan fingerprint density at radius 3 is 2.58 bits per heavy atom. The summed E-state index contributed by atoms with van der Waals surface area (Å²) in [5.41, 5.74) is 1.70. The Hall–Kier alpha value is -2.23. The van der Waals surface area contributed by atoms with Crippen molar-refractivity contribution in [2.24, 2.45) is 24.3 Å². The lowest BCUT2D eigenvalue weighted by Gasteiger charge is -2.61. The Labute approximate surface area is 188 Å². The molecule has 2 atom stereocenters. The molecule has 4 aliphatic carbocycles. The lowest BCUT2D eigenvalue weighted by molar-refractivity contribution is -0.390. The van der Waals surface area contributed by atoms with Gasteiger partial charge in [0.25, 0.3) is 0 Å². The van der Waals surface area contributed by atoms with Gasteiger partial charge in [0, 0.05) is 31.8 Å². The van der Waals surface area contributed by atoms with Crippen LogP contribution in [0.15, 0.2) is 16.9 Å². The zero-order chi connectivity index (χ0) is 22.0. The lowest BCUT2D eigenvalue weighted by Crippen LogP contribution is -2.57. The molecule has 1 N–H and O–H groups in total. The molecule has 0 spiro atoms. The fourth-order valence-electron chi connectivity index (χ4n) is 7.01. The van der Waals surface area contributed by atoms with Gasteiger partial charge in [-0.25, -0.2) is 0 Å². The average molecular weight is 491 g/mol. The first-order valence-electron chi connectivity index (χ1n) is 10.8. The summed E-state index contributed by atoms with van der Waals surface area (Å²) in [5.74, 6) is 1.05. The SMILES string of the molecule is Cc1nn(C)cc1CNC(=O)CC12CC3CC(C1)CC(n1cc(Br)c([N+](=O)[O-])n1)(C3)C2. The highest BCUT2D eigenvalue weighted by atomic mass is 79.9. The van der Waals surface area contributed by atoms with Crippen molar-refractivity contribution in [3.05, 3.63) is 38.2 Å². The van der Waals surface area contributed by atoms with Gasteiger partial charge in [-0.15, -0.1) is 0 Å². The first-order chi connectivity index (χ1) is 14.7. The predicted octanol–water partition coefficient (Wildman–Crippen LogP) is 3.60. The monoisotopic (exact) mass is 490 g/mol. The number of carbonyl (C=O) groups is 1. The second-order valence-corrected chi connectivity index (χ2v) is 10.9. The Morgan fingerprint density at radius 1 is 1.29 bits per heavy atom. The first-order valence-corrected chi connectivity index (χ1v) is 11.6. The van der Waals surface area contributed by atoms with Gasteiger partial charge in [0.1, 0.15) is 4.47 Å². The summed E-state index contributed by atoms with van der Waals surface area (Å²) in [6.45, 7) is 2.44. The van der Waals surface area contributed by atoms with Crippen molar-refractivity contribution in [3.63, 3.8) is 0 Å².